The Morgan fingerprint density at radius 1 is 1.42 bits per heavy atom. The van der Waals surface area contributed by atoms with Gasteiger partial charge in [-0.3, -0.25) is 0 Å². The van der Waals surface area contributed by atoms with Gasteiger partial charge in [0.1, 0.15) is 5.56 Å². The monoisotopic (exact) mass is 276 g/mol. The van der Waals surface area contributed by atoms with Gasteiger partial charge in [-0.2, -0.15) is 5.10 Å². The van der Waals surface area contributed by atoms with Crippen LogP contribution in [0.15, 0.2) is 35.4 Å². The van der Waals surface area contributed by atoms with Crippen molar-refractivity contribution in [3.05, 3.63) is 41.7 Å². The lowest BCUT2D eigenvalue weighted by atomic mass is 10.1. The van der Waals surface area contributed by atoms with E-state index < -0.39 is 5.97 Å². The fraction of sp³-hybridized carbons (Fsp3) is 0.286. The number of aromatic nitrogens is 2. The van der Waals surface area contributed by atoms with Gasteiger partial charge in [-0.15, -0.1) is 11.8 Å². The highest BCUT2D eigenvalue weighted by Gasteiger charge is 2.20. The van der Waals surface area contributed by atoms with E-state index in [0.29, 0.717) is 0 Å². The lowest BCUT2D eigenvalue weighted by Crippen LogP contribution is -2.08. The first-order valence-electron chi connectivity index (χ1n) is 6.00. The maximum absolute atomic E-state index is 11.2. The largest absolute Gasteiger partial charge is 0.478 e. The molecule has 1 aromatic carbocycles. The van der Waals surface area contributed by atoms with Gasteiger partial charge in [0.15, 0.2) is 0 Å². The fourth-order valence-electron chi connectivity index (χ4n) is 2.03. The van der Waals surface area contributed by atoms with E-state index in [1.54, 1.807) is 16.4 Å². The zero-order valence-electron chi connectivity index (χ0n) is 11.1. The Balaban J connectivity index is 2.58. The third kappa shape index (κ3) is 2.66. The zero-order chi connectivity index (χ0) is 14.0. The molecule has 0 unspecified atom stereocenters. The third-order valence-electron chi connectivity index (χ3n) is 2.88. The molecule has 0 saturated carbocycles. The van der Waals surface area contributed by atoms with Crippen LogP contribution in [-0.2, 0) is 0 Å². The van der Waals surface area contributed by atoms with Crippen LogP contribution in [0.4, 0.5) is 0 Å². The maximum atomic E-state index is 11.2. The average Bonchev–Trinajstić information content (AvgIpc) is 2.83. The zero-order valence-corrected chi connectivity index (χ0v) is 11.9. The first-order chi connectivity index (χ1) is 9.04. The number of hydrogen-bond donors (Lipinski definition) is 1. The number of thioether (sulfide) groups is 1. The molecule has 4 nitrogen and oxygen atoms in total. The molecule has 19 heavy (non-hydrogen) atoms. The van der Waals surface area contributed by atoms with Gasteiger partial charge >= 0.3 is 5.97 Å². The molecule has 1 heterocycles. The van der Waals surface area contributed by atoms with Crippen molar-refractivity contribution in [1.82, 2.24) is 9.78 Å². The lowest BCUT2D eigenvalue weighted by molar-refractivity contribution is 0.0695. The van der Waals surface area contributed by atoms with E-state index in [1.165, 1.54) is 6.20 Å². The number of rotatable bonds is 4. The smallest absolute Gasteiger partial charge is 0.339 e. The molecule has 1 aromatic heterocycles. The highest BCUT2D eigenvalue weighted by Crippen LogP contribution is 2.25. The van der Waals surface area contributed by atoms with Crippen molar-refractivity contribution in [2.45, 2.75) is 24.7 Å². The number of hydrogen-bond acceptors (Lipinski definition) is 3. The summed E-state index contributed by atoms with van der Waals surface area (Å²) in [6.45, 7) is 3.94. The van der Waals surface area contributed by atoms with E-state index in [9.17, 15) is 9.90 Å². The first kappa shape index (κ1) is 13.7. The summed E-state index contributed by atoms with van der Waals surface area (Å²) in [7, 11) is 0. The summed E-state index contributed by atoms with van der Waals surface area (Å²) in [5.41, 5.74) is 1.89. The lowest BCUT2D eigenvalue weighted by Gasteiger charge is -2.12. The number of aromatic carboxylic acids is 1. The summed E-state index contributed by atoms with van der Waals surface area (Å²) < 4.78 is 1.72. The van der Waals surface area contributed by atoms with Gasteiger partial charge in [0.2, 0.25) is 0 Å². The molecule has 0 radical (unpaired) electrons. The molecule has 0 bridgehead atoms. The van der Waals surface area contributed by atoms with Gasteiger partial charge in [-0.1, -0.05) is 19.9 Å². The van der Waals surface area contributed by atoms with E-state index in [1.807, 2.05) is 44.4 Å². The van der Waals surface area contributed by atoms with Crippen molar-refractivity contribution < 1.29 is 9.90 Å². The number of carbonyl (C=O) groups is 1. The average molecular weight is 276 g/mol. The Morgan fingerprint density at radius 2 is 2.16 bits per heavy atom. The Labute approximate surface area is 116 Å². The number of carboxylic acids is 1. The summed E-state index contributed by atoms with van der Waals surface area (Å²) in [4.78, 5) is 12.4. The van der Waals surface area contributed by atoms with Crippen molar-refractivity contribution in [3.63, 3.8) is 0 Å². The van der Waals surface area contributed by atoms with Crippen LogP contribution >= 0.6 is 11.8 Å². The third-order valence-corrected chi connectivity index (χ3v) is 3.61. The van der Waals surface area contributed by atoms with Crippen LogP contribution < -0.4 is 0 Å². The Bertz CT molecular complexity index is 605. The fourth-order valence-corrected chi connectivity index (χ4v) is 2.48. The van der Waals surface area contributed by atoms with Crippen LogP contribution in [0, 0.1) is 0 Å². The molecule has 0 fully saturated rings. The van der Waals surface area contributed by atoms with Crippen molar-refractivity contribution in [2.24, 2.45) is 0 Å². The molecule has 2 aromatic rings. The number of nitrogens with zero attached hydrogens (tertiary/aromatic N) is 2. The minimum atomic E-state index is -0.934. The second kappa shape index (κ2) is 5.48. The van der Waals surface area contributed by atoms with Crippen LogP contribution in [0.25, 0.3) is 5.69 Å². The molecule has 0 spiro atoms. The van der Waals surface area contributed by atoms with Gasteiger partial charge in [-0.25, -0.2) is 9.48 Å². The quantitative estimate of drug-likeness (QED) is 0.869. The molecule has 0 saturated heterocycles. The van der Waals surface area contributed by atoms with Crippen LogP contribution in [0.3, 0.4) is 0 Å². The molecule has 2 rings (SSSR count). The van der Waals surface area contributed by atoms with Crippen molar-refractivity contribution in [2.75, 3.05) is 6.26 Å². The van der Waals surface area contributed by atoms with Crippen LogP contribution in [0.5, 0.6) is 0 Å². The molecule has 0 aliphatic rings. The molecule has 0 aliphatic carbocycles. The Morgan fingerprint density at radius 3 is 2.74 bits per heavy atom. The molecule has 0 aliphatic heterocycles. The second-order valence-corrected chi connectivity index (χ2v) is 5.40. The first-order valence-corrected chi connectivity index (χ1v) is 7.22. The molecule has 0 amide bonds. The molecule has 1 N–H and O–H groups in total. The molecular weight excluding hydrogens is 260 g/mol. The predicted octanol–water partition coefficient (Wildman–Crippen LogP) is 3.42. The van der Waals surface area contributed by atoms with Crippen LogP contribution in [0.1, 0.15) is 35.8 Å². The highest BCUT2D eigenvalue weighted by molar-refractivity contribution is 7.98. The summed E-state index contributed by atoms with van der Waals surface area (Å²) >= 11 is 1.65. The summed E-state index contributed by atoms with van der Waals surface area (Å²) in [5, 5.41) is 13.4. The minimum Gasteiger partial charge on any atom is -0.478 e. The number of benzene rings is 1. The topological polar surface area (TPSA) is 55.1 Å². The highest BCUT2D eigenvalue weighted by atomic mass is 32.2. The minimum absolute atomic E-state index is 0.0894. The van der Waals surface area contributed by atoms with Gasteiger partial charge < -0.3 is 5.11 Å². The van der Waals surface area contributed by atoms with E-state index in [0.717, 1.165) is 16.3 Å². The van der Waals surface area contributed by atoms with Gasteiger partial charge in [0, 0.05) is 4.90 Å². The predicted molar refractivity (Wildman–Crippen MR) is 76.4 cm³/mol. The van der Waals surface area contributed by atoms with E-state index in [2.05, 4.69) is 5.10 Å². The molecule has 100 valence electrons. The van der Waals surface area contributed by atoms with Gasteiger partial charge in [-0.05, 0) is 30.4 Å². The van der Waals surface area contributed by atoms with E-state index >= 15 is 0 Å². The SMILES string of the molecule is CSc1cccc(-n2ncc(C(=O)O)c2C(C)C)c1. The van der Waals surface area contributed by atoms with Gasteiger partial charge in [0.25, 0.3) is 0 Å². The summed E-state index contributed by atoms with van der Waals surface area (Å²) in [5.74, 6) is -0.845. The normalized spacial score (nSPS) is 10.9. The van der Waals surface area contributed by atoms with Crippen molar-refractivity contribution >= 4 is 17.7 Å². The summed E-state index contributed by atoms with van der Waals surface area (Å²) in [6, 6.07) is 7.91. The summed E-state index contributed by atoms with van der Waals surface area (Å²) in [6.07, 6.45) is 3.43. The van der Waals surface area contributed by atoms with Gasteiger partial charge in [0.05, 0.1) is 17.6 Å². The van der Waals surface area contributed by atoms with E-state index in [-0.39, 0.29) is 11.5 Å². The maximum Gasteiger partial charge on any atom is 0.339 e. The Kier molecular flexibility index (Phi) is 3.95. The van der Waals surface area contributed by atoms with E-state index in [4.69, 9.17) is 0 Å². The molecular formula is C14H16N2O2S. The number of carboxylic acid groups (broad SMARTS) is 1. The van der Waals surface area contributed by atoms with Crippen LogP contribution in [0.2, 0.25) is 0 Å². The molecule has 0 atom stereocenters. The Hall–Kier alpha value is -1.75. The second-order valence-electron chi connectivity index (χ2n) is 4.52. The van der Waals surface area contributed by atoms with Crippen LogP contribution in [-0.4, -0.2) is 27.1 Å². The standard InChI is InChI=1S/C14H16N2O2S/c1-9(2)13-12(14(17)18)8-15-16(13)10-5-4-6-11(7-10)19-3/h4-9H,1-3H3,(H,17,18). The molecule has 5 heteroatoms. The van der Waals surface area contributed by atoms with Crippen molar-refractivity contribution in [1.29, 1.82) is 0 Å². The van der Waals surface area contributed by atoms with Crippen molar-refractivity contribution in [3.8, 4) is 5.69 Å².